The van der Waals surface area contributed by atoms with E-state index in [0.717, 1.165) is 68.9 Å². The van der Waals surface area contributed by atoms with Gasteiger partial charge in [0.05, 0.1) is 40.9 Å². The van der Waals surface area contributed by atoms with Crippen LogP contribution in [0.1, 0.15) is 168 Å². The van der Waals surface area contributed by atoms with Gasteiger partial charge in [0.1, 0.15) is 31.0 Å². The Hall–Kier alpha value is -6.56. The van der Waals surface area contributed by atoms with Gasteiger partial charge in [-0.3, -0.25) is 4.79 Å². The number of hydrogen-bond acceptors (Lipinski definition) is 15. The van der Waals surface area contributed by atoms with Gasteiger partial charge in [-0.1, -0.05) is 175 Å². The average molecular weight is 1260 g/mol. The first-order valence-corrected chi connectivity index (χ1v) is 33.4. The summed E-state index contributed by atoms with van der Waals surface area (Å²) in [7, 11) is 0. The molecule has 0 unspecified atom stereocenters. The number of hydrogen-bond donors (Lipinski definition) is 1. The van der Waals surface area contributed by atoms with Gasteiger partial charge in [0.2, 0.25) is 0 Å². The molecule has 5 aliphatic carbocycles. The Morgan fingerprint density at radius 2 is 1.13 bits per heavy atom. The van der Waals surface area contributed by atoms with Crippen LogP contribution in [0.25, 0.3) is 0 Å². The molecule has 1 N–H and O–H groups in total. The van der Waals surface area contributed by atoms with Crippen molar-refractivity contribution in [2.24, 2.45) is 50.2 Å². The summed E-state index contributed by atoms with van der Waals surface area (Å²) in [5.74, 6) is -1.63. The molecule has 7 fully saturated rings. The van der Waals surface area contributed by atoms with Gasteiger partial charge < -0.3 is 52.5 Å². The molecular formula is C77H90O15. The van der Waals surface area contributed by atoms with Gasteiger partial charge in [-0.2, -0.15) is 0 Å². The van der Waals surface area contributed by atoms with Crippen LogP contribution in [0.4, 0.5) is 0 Å². The molecule has 488 valence electrons. The third kappa shape index (κ3) is 11.7. The van der Waals surface area contributed by atoms with Gasteiger partial charge in [-0.25, -0.2) is 14.4 Å². The Kier molecular flexibility index (Phi) is 17.6. The molecule has 19 atom stereocenters. The molecule has 0 aromatic heterocycles. The fourth-order valence-electron chi connectivity index (χ4n) is 18.4. The van der Waals surface area contributed by atoms with Crippen molar-refractivity contribution in [3.63, 3.8) is 0 Å². The molecule has 5 aromatic rings. The second kappa shape index (κ2) is 25.3. The van der Waals surface area contributed by atoms with Crippen LogP contribution in [0, 0.1) is 50.2 Å². The number of aliphatic hydroxyl groups excluding tert-OH is 1. The summed E-state index contributed by atoms with van der Waals surface area (Å²) in [5.41, 5.74) is 2.74. The Labute approximate surface area is 541 Å². The van der Waals surface area contributed by atoms with Crippen molar-refractivity contribution in [3.8, 4) is 0 Å². The molecule has 15 nitrogen and oxygen atoms in total. The lowest BCUT2D eigenvalue weighted by Crippen LogP contribution is -2.68. The molecule has 92 heavy (non-hydrogen) atoms. The SMILES string of the molecule is C[C@@H]1O[C@@H](O[C@@H]2[C@@H](O)[C@H](O[C@H]3CC[C@]4(C)[C@H]5CC=C6[C@@H]7CC(C)(C)CC[C@]7(C(=O)OCc7ccccc7)CC[C@@]6(C)[C@]5(C)CC[C@H]4C3(C)C)O[C@@H]3CO[C@@H](c4ccccc4)O[C@@H]23)[C@H](OC(=O)c2ccccc2)[C@H](OC(=O)c2ccccc2)[C@H]1OC(=O)c1ccccc1. The van der Waals surface area contributed by atoms with Crippen molar-refractivity contribution in [2.45, 2.75) is 200 Å². The predicted octanol–water partition coefficient (Wildman–Crippen LogP) is 13.9. The van der Waals surface area contributed by atoms with E-state index in [1.807, 2.05) is 60.7 Å². The van der Waals surface area contributed by atoms with Crippen molar-refractivity contribution >= 4 is 23.9 Å². The van der Waals surface area contributed by atoms with E-state index in [-0.39, 0.29) is 75.5 Å². The van der Waals surface area contributed by atoms with Crippen LogP contribution < -0.4 is 0 Å². The van der Waals surface area contributed by atoms with Crippen LogP contribution >= 0.6 is 0 Å². The van der Waals surface area contributed by atoms with Crippen LogP contribution in [0.5, 0.6) is 0 Å². The fourth-order valence-corrected chi connectivity index (χ4v) is 18.4. The normalized spacial score (nSPS) is 37.6. The smallest absolute Gasteiger partial charge is 0.338 e. The van der Waals surface area contributed by atoms with E-state index < -0.39 is 96.4 Å². The zero-order valence-electron chi connectivity index (χ0n) is 54.3. The molecule has 13 rings (SSSR count). The highest BCUT2D eigenvalue weighted by Gasteiger charge is 2.70. The second-order valence-corrected chi connectivity index (χ2v) is 29.6. The quantitative estimate of drug-likeness (QED) is 0.0480. The molecule has 3 aliphatic heterocycles. The van der Waals surface area contributed by atoms with Crippen LogP contribution in [0.2, 0.25) is 0 Å². The number of carbonyl (C=O) groups excluding carboxylic acids is 4. The minimum absolute atomic E-state index is 0.0359. The Morgan fingerprint density at radius 3 is 1.75 bits per heavy atom. The van der Waals surface area contributed by atoms with Crippen molar-refractivity contribution in [2.75, 3.05) is 6.61 Å². The molecule has 3 heterocycles. The molecule has 0 radical (unpaired) electrons. The van der Waals surface area contributed by atoms with E-state index in [4.69, 9.17) is 47.4 Å². The molecule has 8 aliphatic rings. The first-order valence-electron chi connectivity index (χ1n) is 33.4. The summed E-state index contributed by atoms with van der Waals surface area (Å²) in [5, 5.41) is 13.1. The maximum absolute atomic E-state index is 14.7. The largest absolute Gasteiger partial charge is 0.460 e. The van der Waals surface area contributed by atoms with Crippen molar-refractivity contribution in [1.82, 2.24) is 0 Å². The highest BCUT2D eigenvalue weighted by atomic mass is 16.8. The first-order chi connectivity index (χ1) is 44.1. The lowest BCUT2D eigenvalue weighted by atomic mass is 9.33. The van der Waals surface area contributed by atoms with Gasteiger partial charge >= 0.3 is 23.9 Å². The van der Waals surface area contributed by atoms with Crippen LogP contribution in [0.3, 0.4) is 0 Å². The second-order valence-electron chi connectivity index (χ2n) is 29.6. The highest BCUT2D eigenvalue weighted by molar-refractivity contribution is 5.91. The van der Waals surface area contributed by atoms with E-state index in [9.17, 15) is 24.3 Å². The summed E-state index contributed by atoms with van der Waals surface area (Å²) < 4.78 is 66.5. The predicted molar refractivity (Wildman–Crippen MR) is 341 cm³/mol. The molecule has 15 heteroatoms. The number of rotatable bonds is 14. The van der Waals surface area contributed by atoms with Gasteiger partial charge in [0.25, 0.3) is 0 Å². The summed E-state index contributed by atoms with van der Waals surface area (Å²) >= 11 is 0. The lowest BCUT2D eigenvalue weighted by molar-refractivity contribution is -0.398. The summed E-state index contributed by atoms with van der Waals surface area (Å²) in [6, 6.07) is 44.5. The standard InChI is InChI=1S/C77H90O15/c1-47-60(88-65(79)49-26-16-10-17-27-49)63(89-66(80)50-28-18-11-19-29-50)64(90-67(81)51-30-20-12-21-31-51)70(85-47)92-62-59(78)69(86-55-46-83-68(91-61(55)62)52-32-22-13-23-33-52)87-58-37-38-74(6)56(73(58,4)5)36-39-76(8)57(74)35-34-53-54-44-72(2,3)40-42-77(54,43-41-75(53,76)7)71(82)84-45-48-24-14-9-15-25-48/h9-34,47,54-64,68-70,78H,35-46H2,1-8H3/t47-,54-,55+,56-,57+,58-,59+,60-,61+,62+,63+,64+,68+,69-,70-,74-,75+,76+,77-/m0/s1. The Balaban J connectivity index is 0.793. The molecule has 0 bridgehead atoms. The third-order valence-corrected chi connectivity index (χ3v) is 23.6. The monoisotopic (exact) mass is 1250 g/mol. The third-order valence-electron chi connectivity index (χ3n) is 23.6. The van der Waals surface area contributed by atoms with Crippen LogP contribution in [-0.2, 0) is 58.8 Å². The number of esters is 4. The van der Waals surface area contributed by atoms with Crippen molar-refractivity contribution < 1.29 is 71.7 Å². The average Bonchev–Trinajstić information content (AvgIpc) is 0.677. The maximum atomic E-state index is 14.7. The zero-order chi connectivity index (χ0) is 64.4. The highest BCUT2D eigenvalue weighted by Crippen LogP contribution is 2.76. The summed E-state index contributed by atoms with van der Waals surface area (Å²) in [4.78, 5) is 57.5. The number of aliphatic hydroxyl groups is 1. The van der Waals surface area contributed by atoms with E-state index in [2.05, 4.69) is 54.5 Å². The Bertz CT molecular complexity index is 3470. The number of carbonyl (C=O) groups is 4. The molecule has 5 aromatic carbocycles. The number of benzene rings is 5. The van der Waals surface area contributed by atoms with Crippen LogP contribution in [-0.4, -0.2) is 103 Å². The number of fused-ring (bicyclic) bond motifs is 8. The minimum atomic E-state index is -1.61. The van der Waals surface area contributed by atoms with Gasteiger partial charge in [0.15, 0.2) is 37.2 Å². The van der Waals surface area contributed by atoms with Crippen LogP contribution in [0.15, 0.2) is 163 Å². The van der Waals surface area contributed by atoms with E-state index in [0.29, 0.717) is 12.3 Å². The molecule has 0 spiro atoms. The van der Waals surface area contributed by atoms with Crippen molar-refractivity contribution in [1.29, 1.82) is 0 Å². The number of allylic oxidation sites excluding steroid dienone is 2. The number of ether oxygens (including phenoxy) is 10. The van der Waals surface area contributed by atoms with Crippen molar-refractivity contribution in [3.05, 3.63) is 191 Å². The summed E-state index contributed by atoms with van der Waals surface area (Å²) in [6.45, 7) is 19.0. The molecule has 0 amide bonds. The van der Waals surface area contributed by atoms with Gasteiger partial charge in [-0.15, -0.1) is 0 Å². The Morgan fingerprint density at radius 1 is 0.565 bits per heavy atom. The van der Waals surface area contributed by atoms with Gasteiger partial charge in [0, 0.05) is 5.56 Å². The minimum Gasteiger partial charge on any atom is -0.460 e. The molecule has 3 saturated heterocycles. The van der Waals surface area contributed by atoms with E-state index >= 15 is 0 Å². The molecular weight excluding hydrogens is 1160 g/mol. The topological polar surface area (TPSA) is 181 Å². The summed E-state index contributed by atoms with van der Waals surface area (Å²) in [6.07, 6.45) is -2.65. The fraction of sp³-hybridized carbons (Fsp3) is 0.532. The van der Waals surface area contributed by atoms with E-state index in [1.54, 1.807) is 97.9 Å². The molecule has 4 saturated carbocycles. The van der Waals surface area contributed by atoms with E-state index in [1.165, 1.54) is 5.57 Å². The lowest BCUT2D eigenvalue weighted by Gasteiger charge is -2.71. The first kappa shape index (κ1) is 64.2. The zero-order valence-corrected chi connectivity index (χ0v) is 54.3. The van der Waals surface area contributed by atoms with Gasteiger partial charge in [-0.05, 0) is 158 Å². The maximum Gasteiger partial charge on any atom is 0.338 e.